The molecule has 0 aromatic heterocycles. The van der Waals surface area contributed by atoms with E-state index < -0.39 is 17.8 Å². The minimum absolute atomic E-state index is 0.148. The zero-order chi connectivity index (χ0) is 13.3. The predicted octanol–water partition coefficient (Wildman–Crippen LogP) is 0.115. The summed E-state index contributed by atoms with van der Waals surface area (Å²) in [7, 11) is 0. The molecule has 1 aliphatic rings. The maximum atomic E-state index is 10.2. The van der Waals surface area contributed by atoms with Gasteiger partial charge in [0.2, 0.25) is 0 Å². The SMILES string of the molecule is NCCCCCC(=O)O.O=C1CCC(=O)N1O. The van der Waals surface area contributed by atoms with Crippen LogP contribution in [0.2, 0.25) is 0 Å². The lowest BCUT2D eigenvalue weighted by atomic mass is 10.2. The van der Waals surface area contributed by atoms with E-state index >= 15 is 0 Å². The summed E-state index contributed by atoms with van der Waals surface area (Å²) in [5.74, 6) is -1.72. The number of unbranched alkanes of at least 4 members (excludes halogenated alkanes) is 2. The minimum Gasteiger partial charge on any atom is -0.481 e. The van der Waals surface area contributed by atoms with Gasteiger partial charge in [-0.25, -0.2) is 0 Å². The van der Waals surface area contributed by atoms with Gasteiger partial charge in [-0.2, -0.15) is 5.06 Å². The Morgan fingerprint density at radius 2 is 1.71 bits per heavy atom. The topological polar surface area (TPSA) is 121 Å². The van der Waals surface area contributed by atoms with Gasteiger partial charge < -0.3 is 10.8 Å². The summed E-state index contributed by atoms with van der Waals surface area (Å²) in [6, 6.07) is 0. The first-order valence-electron chi connectivity index (χ1n) is 5.45. The molecule has 0 aliphatic carbocycles. The molecule has 7 nitrogen and oxygen atoms in total. The van der Waals surface area contributed by atoms with Crippen LogP contribution < -0.4 is 5.73 Å². The van der Waals surface area contributed by atoms with Gasteiger partial charge in [-0.05, 0) is 19.4 Å². The number of nitrogens with two attached hydrogens (primary N) is 1. The molecular weight excluding hydrogens is 228 g/mol. The van der Waals surface area contributed by atoms with E-state index in [9.17, 15) is 14.4 Å². The highest BCUT2D eigenvalue weighted by atomic mass is 16.5. The van der Waals surface area contributed by atoms with Gasteiger partial charge in [0, 0.05) is 19.3 Å². The molecule has 7 heteroatoms. The number of hydroxylamine groups is 2. The van der Waals surface area contributed by atoms with Crippen molar-refractivity contribution in [2.24, 2.45) is 5.73 Å². The fourth-order valence-electron chi connectivity index (χ4n) is 1.16. The second kappa shape index (κ2) is 8.66. The van der Waals surface area contributed by atoms with Gasteiger partial charge in [-0.3, -0.25) is 19.6 Å². The molecule has 0 unspecified atom stereocenters. The quantitative estimate of drug-likeness (QED) is 0.360. The Labute approximate surface area is 99.2 Å². The van der Waals surface area contributed by atoms with Crippen LogP contribution in [-0.2, 0) is 14.4 Å². The van der Waals surface area contributed by atoms with Crippen molar-refractivity contribution in [1.29, 1.82) is 0 Å². The lowest BCUT2D eigenvalue weighted by molar-refractivity contribution is -0.171. The predicted molar refractivity (Wildman–Crippen MR) is 58.0 cm³/mol. The number of carboxylic acids is 1. The standard InChI is InChI=1S/C6H13NO2.C4H5NO3/c7-5-3-1-2-4-6(8)9;6-3-1-2-4(7)5(3)8/h1-5,7H2,(H,8,9);8H,1-2H2. The molecule has 2 amide bonds. The van der Waals surface area contributed by atoms with Gasteiger partial charge in [0.05, 0.1) is 0 Å². The van der Waals surface area contributed by atoms with Crippen LogP contribution in [0, 0.1) is 0 Å². The average Bonchev–Trinajstić information content (AvgIpc) is 2.57. The highest BCUT2D eigenvalue weighted by Gasteiger charge is 2.26. The van der Waals surface area contributed by atoms with Crippen LogP contribution in [0.3, 0.4) is 0 Å². The van der Waals surface area contributed by atoms with E-state index in [4.69, 9.17) is 16.0 Å². The van der Waals surface area contributed by atoms with Gasteiger partial charge in [0.15, 0.2) is 0 Å². The number of nitrogens with zero attached hydrogens (tertiary/aromatic N) is 1. The smallest absolute Gasteiger partial charge is 0.303 e. The second-order valence-corrected chi connectivity index (χ2v) is 3.59. The minimum atomic E-state index is -0.716. The van der Waals surface area contributed by atoms with Gasteiger partial charge in [0.25, 0.3) is 11.8 Å². The molecule has 4 N–H and O–H groups in total. The van der Waals surface area contributed by atoms with Crippen LogP contribution in [0.1, 0.15) is 38.5 Å². The molecule has 0 radical (unpaired) electrons. The molecule has 0 aromatic carbocycles. The van der Waals surface area contributed by atoms with E-state index in [2.05, 4.69) is 0 Å². The Morgan fingerprint density at radius 1 is 1.18 bits per heavy atom. The first-order chi connectivity index (χ1) is 7.99. The third-order valence-electron chi connectivity index (χ3n) is 2.12. The van der Waals surface area contributed by atoms with Crippen LogP contribution in [0.5, 0.6) is 0 Å². The first-order valence-corrected chi connectivity index (χ1v) is 5.45. The highest BCUT2D eigenvalue weighted by molar-refractivity contribution is 6.00. The Balaban J connectivity index is 0.000000302. The zero-order valence-corrected chi connectivity index (χ0v) is 9.59. The van der Waals surface area contributed by atoms with E-state index in [1.165, 1.54) is 0 Å². The van der Waals surface area contributed by atoms with Crippen LogP contribution in [0.15, 0.2) is 0 Å². The van der Waals surface area contributed by atoms with E-state index in [-0.39, 0.29) is 24.3 Å². The molecule has 17 heavy (non-hydrogen) atoms. The molecule has 98 valence electrons. The molecule has 1 fully saturated rings. The maximum Gasteiger partial charge on any atom is 0.303 e. The van der Waals surface area contributed by atoms with Crippen molar-refractivity contribution in [1.82, 2.24) is 5.06 Å². The van der Waals surface area contributed by atoms with Crippen molar-refractivity contribution >= 4 is 17.8 Å². The Kier molecular flexibility index (Phi) is 7.91. The van der Waals surface area contributed by atoms with Crippen LogP contribution in [-0.4, -0.2) is 39.7 Å². The summed E-state index contributed by atoms with van der Waals surface area (Å²) in [6.07, 6.45) is 3.20. The molecule has 1 heterocycles. The third-order valence-corrected chi connectivity index (χ3v) is 2.12. The number of imide groups is 1. The molecule has 0 bridgehead atoms. The van der Waals surface area contributed by atoms with Crippen molar-refractivity contribution in [3.8, 4) is 0 Å². The monoisotopic (exact) mass is 246 g/mol. The number of hydrogen-bond donors (Lipinski definition) is 3. The summed E-state index contributed by atoms with van der Waals surface area (Å²) in [6.45, 7) is 0.666. The molecule has 0 aromatic rings. The highest BCUT2D eigenvalue weighted by Crippen LogP contribution is 2.07. The Morgan fingerprint density at radius 3 is 2.00 bits per heavy atom. The van der Waals surface area contributed by atoms with E-state index in [0.717, 1.165) is 19.3 Å². The van der Waals surface area contributed by atoms with Gasteiger partial charge in [0.1, 0.15) is 0 Å². The van der Waals surface area contributed by atoms with Crippen molar-refractivity contribution in [2.45, 2.75) is 38.5 Å². The summed E-state index contributed by atoms with van der Waals surface area (Å²) in [5, 5.41) is 16.7. The number of carboxylic acid groups (broad SMARTS) is 1. The molecule has 1 aliphatic heterocycles. The number of amides is 2. The Bertz CT molecular complexity index is 264. The lowest BCUT2D eigenvalue weighted by Gasteiger charge is -1.98. The van der Waals surface area contributed by atoms with Crippen molar-refractivity contribution in [3.05, 3.63) is 0 Å². The zero-order valence-electron chi connectivity index (χ0n) is 9.59. The second-order valence-electron chi connectivity index (χ2n) is 3.59. The maximum absolute atomic E-state index is 10.2. The fraction of sp³-hybridized carbons (Fsp3) is 0.700. The van der Waals surface area contributed by atoms with Crippen LogP contribution >= 0.6 is 0 Å². The lowest BCUT2D eigenvalue weighted by Crippen LogP contribution is -2.24. The fourth-order valence-corrected chi connectivity index (χ4v) is 1.16. The molecule has 0 spiro atoms. The van der Waals surface area contributed by atoms with Gasteiger partial charge >= 0.3 is 5.97 Å². The number of rotatable bonds is 5. The third kappa shape index (κ3) is 7.42. The molecule has 0 atom stereocenters. The number of hydrogen-bond acceptors (Lipinski definition) is 5. The molecule has 0 saturated carbocycles. The van der Waals surface area contributed by atoms with Crippen LogP contribution in [0.4, 0.5) is 0 Å². The number of carbonyl (C=O) groups is 3. The largest absolute Gasteiger partial charge is 0.481 e. The summed E-state index contributed by atoms with van der Waals surface area (Å²) < 4.78 is 0. The number of aliphatic carboxylic acids is 1. The van der Waals surface area contributed by atoms with Gasteiger partial charge in [-0.1, -0.05) is 6.42 Å². The summed E-state index contributed by atoms with van der Waals surface area (Å²) >= 11 is 0. The Hall–Kier alpha value is -1.47. The molecule has 1 rings (SSSR count). The van der Waals surface area contributed by atoms with Crippen molar-refractivity contribution in [2.75, 3.05) is 6.54 Å². The first kappa shape index (κ1) is 15.5. The van der Waals surface area contributed by atoms with E-state index in [0.29, 0.717) is 6.54 Å². The van der Waals surface area contributed by atoms with E-state index in [1.54, 1.807) is 0 Å². The normalized spacial score (nSPS) is 14.6. The molecular formula is C10H18N2O5. The van der Waals surface area contributed by atoms with Gasteiger partial charge in [-0.15, -0.1) is 0 Å². The van der Waals surface area contributed by atoms with Crippen molar-refractivity contribution < 1.29 is 24.7 Å². The van der Waals surface area contributed by atoms with E-state index in [1.807, 2.05) is 0 Å². The average molecular weight is 246 g/mol. The summed E-state index contributed by atoms with van der Waals surface area (Å²) in [5.41, 5.74) is 5.20. The summed E-state index contributed by atoms with van der Waals surface area (Å²) in [4.78, 5) is 30.4. The van der Waals surface area contributed by atoms with Crippen molar-refractivity contribution in [3.63, 3.8) is 0 Å². The molecule has 1 saturated heterocycles. The number of carbonyl (C=O) groups excluding carboxylic acids is 2. The van der Waals surface area contributed by atoms with Crippen LogP contribution in [0.25, 0.3) is 0 Å².